The number of allylic oxidation sites excluding steroid dienone is 1. The van der Waals surface area contributed by atoms with E-state index in [1.807, 2.05) is 6.21 Å². The number of aromatic nitrogens is 2. The topological polar surface area (TPSA) is 31.9 Å². The first-order chi connectivity index (χ1) is 17.9. The summed E-state index contributed by atoms with van der Waals surface area (Å²) in [6, 6.07) is 28.8. The Hall–Kier alpha value is -4.72. The van der Waals surface area contributed by atoms with Crippen molar-refractivity contribution < 1.29 is 0 Å². The highest BCUT2D eigenvalue weighted by Gasteiger charge is 2.34. The second-order valence-electron chi connectivity index (χ2n) is 9.97. The molecule has 0 amide bonds. The lowest BCUT2D eigenvalue weighted by Gasteiger charge is -2.17. The number of rotatable bonds is 1. The van der Waals surface area contributed by atoms with E-state index in [1.54, 1.807) is 0 Å². The van der Waals surface area contributed by atoms with Crippen LogP contribution in [0.25, 0.3) is 61.8 Å². The Labute approximate surface area is 206 Å². The summed E-state index contributed by atoms with van der Waals surface area (Å²) in [7, 11) is 0. The SMILES string of the molecule is C1=Cc2cccc3c2C(C1)c1ccc2c4ccccc4n(-c4ccc5ccc6c(c5n4)=[N+]=CC=6)c2c1-3. The highest BCUT2D eigenvalue weighted by molar-refractivity contribution is 6.15. The zero-order valence-corrected chi connectivity index (χ0v) is 19.4. The molecule has 2 aliphatic carbocycles. The molecule has 3 aliphatic rings. The molecule has 0 saturated heterocycles. The number of fused-ring (bicyclic) bond motifs is 10. The third kappa shape index (κ3) is 2.20. The maximum absolute atomic E-state index is 5.26. The summed E-state index contributed by atoms with van der Waals surface area (Å²) >= 11 is 0. The standard InChI is InChI=1S/C33H20N3/c1-2-10-27-22(7-1)25-15-14-24-23-8-3-5-19-6-4-9-26(29(19)23)30(24)33(25)36(27)28-16-13-20-11-12-21-17-18-34-31(21)32(20)35-28/h1-7,9-18,23H,8H2/q+1. The van der Waals surface area contributed by atoms with E-state index in [4.69, 9.17) is 4.98 Å². The van der Waals surface area contributed by atoms with Crippen molar-refractivity contribution in [3.05, 3.63) is 112 Å². The van der Waals surface area contributed by atoms with Crippen molar-refractivity contribution in [2.75, 3.05) is 0 Å². The largest absolute Gasteiger partial charge is 0.360 e. The predicted octanol–water partition coefficient (Wildman–Crippen LogP) is 5.41. The van der Waals surface area contributed by atoms with E-state index in [-0.39, 0.29) is 0 Å². The molecule has 0 N–H and O–H groups in total. The van der Waals surface area contributed by atoms with Crippen molar-refractivity contribution >= 4 is 51.1 Å². The fraction of sp³-hybridized carbons (Fsp3) is 0.0606. The molecule has 1 aliphatic heterocycles. The Bertz CT molecular complexity index is 2170. The first-order valence-electron chi connectivity index (χ1n) is 12.5. The van der Waals surface area contributed by atoms with Crippen molar-refractivity contribution in [3.8, 4) is 16.9 Å². The molecule has 1 unspecified atom stereocenters. The normalized spacial score (nSPS) is 16.3. The Kier molecular flexibility index (Phi) is 3.35. The quantitative estimate of drug-likeness (QED) is 0.303. The van der Waals surface area contributed by atoms with Gasteiger partial charge in [0.15, 0.2) is 5.52 Å². The number of nitrogens with zero attached hydrogens (tertiary/aromatic N) is 3. The van der Waals surface area contributed by atoms with E-state index in [2.05, 4.69) is 106 Å². The van der Waals surface area contributed by atoms with Crippen LogP contribution in [0, 0.1) is 0 Å². The van der Waals surface area contributed by atoms with Crippen LogP contribution < -0.4 is 15.2 Å². The maximum atomic E-state index is 5.26. The van der Waals surface area contributed by atoms with Gasteiger partial charge in [0.05, 0.1) is 16.3 Å². The first-order valence-corrected chi connectivity index (χ1v) is 12.5. The third-order valence-corrected chi connectivity index (χ3v) is 8.21. The average molecular weight is 459 g/mol. The molecule has 36 heavy (non-hydrogen) atoms. The van der Waals surface area contributed by atoms with Gasteiger partial charge in [-0.15, -0.1) is 0 Å². The van der Waals surface area contributed by atoms with Gasteiger partial charge in [-0.05, 0) is 52.9 Å². The summed E-state index contributed by atoms with van der Waals surface area (Å²) in [6.07, 6.45) is 9.60. The van der Waals surface area contributed by atoms with Crippen LogP contribution >= 0.6 is 0 Å². The minimum absolute atomic E-state index is 0.421. The molecule has 9 rings (SSSR count). The van der Waals surface area contributed by atoms with Gasteiger partial charge in [-0.3, -0.25) is 4.57 Å². The van der Waals surface area contributed by atoms with Gasteiger partial charge in [-0.2, -0.15) is 0 Å². The van der Waals surface area contributed by atoms with Gasteiger partial charge in [0.2, 0.25) is 0 Å². The molecule has 3 heteroatoms. The summed E-state index contributed by atoms with van der Waals surface area (Å²) in [4.78, 5) is 5.26. The fourth-order valence-corrected chi connectivity index (χ4v) is 6.72. The van der Waals surface area contributed by atoms with Crippen LogP contribution in [0.15, 0.2) is 84.9 Å². The van der Waals surface area contributed by atoms with Crippen LogP contribution in [-0.4, -0.2) is 15.8 Å². The summed E-state index contributed by atoms with van der Waals surface area (Å²) < 4.78 is 7.02. The minimum atomic E-state index is 0.421. The van der Waals surface area contributed by atoms with E-state index in [0.717, 1.165) is 33.7 Å². The van der Waals surface area contributed by atoms with E-state index in [9.17, 15) is 0 Å². The van der Waals surface area contributed by atoms with Crippen molar-refractivity contribution in [1.82, 2.24) is 14.2 Å². The summed E-state index contributed by atoms with van der Waals surface area (Å²) in [5, 5.41) is 5.75. The summed E-state index contributed by atoms with van der Waals surface area (Å²) in [5.41, 5.74) is 10.4. The van der Waals surface area contributed by atoms with Crippen LogP contribution in [0.5, 0.6) is 0 Å². The van der Waals surface area contributed by atoms with Gasteiger partial charge >= 0.3 is 5.36 Å². The van der Waals surface area contributed by atoms with Gasteiger partial charge in [-0.25, -0.2) is 4.98 Å². The van der Waals surface area contributed by atoms with Gasteiger partial charge in [-0.1, -0.05) is 71.4 Å². The van der Waals surface area contributed by atoms with Crippen LogP contribution in [0.1, 0.15) is 29.0 Å². The molecule has 2 aromatic heterocycles. The molecule has 0 bridgehead atoms. The molecule has 0 saturated carbocycles. The highest BCUT2D eigenvalue weighted by Crippen LogP contribution is 2.53. The smallest absolute Gasteiger partial charge is 0.293 e. The zero-order valence-electron chi connectivity index (χ0n) is 19.4. The number of para-hydroxylation sites is 1. The predicted molar refractivity (Wildman–Crippen MR) is 148 cm³/mol. The minimum Gasteiger partial charge on any atom is -0.293 e. The van der Waals surface area contributed by atoms with E-state index < -0.39 is 0 Å². The Morgan fingerprint density at radius 2 is 1.81 bits per heavy atom. The van der Waals surface area contributed by atoms with E-state index in [1.165, 1.54) is 49.6 Å². The molecule has 166 valence electrons. The van der Waals surface area contributed by atoms with E-state index in [0.29, 0.717) is 5.92 Å². The lowest BCUT2D eigenvalue weighted by atomic mass is 9.86. The number of benzene rings is 4. The monoisotopic (exact) mass is 458 g/mol. The number of hydrogen-bond acceptors (Lipinski definition) is 1. The summed E-state index contributed by atoms with van der Waals surface area (Å²) in [6.45, 7) is 0. The number of pyridine rings is 1. The van der Waals surface area contributed by atoms with Crippen LogP contribution in [-0.2, 0) is 0 Å². The number of hydrogen-bond donors (Lipinski definition) is 0. The molecular weight excluding hydrogens is 438 g/mol. The second-order valence-corrected chi connectivity index (χ2v) is 9.97. The molecule has 3 nitrogen and oxygen atoms in total. The molecule has 6 aromatic rings. The van der Waals surface area contributed by atoms with Crippen LogP contribution in [0.4, 0.5) is 0 Å². The Morgan fingerprint density at radius 1 is 0.861 bits per heavy atom. The lowest BCUT2D eigenvalue weighted by Crippen LogP contribution is -2.25. The Balaban J connectivity index is 1.47. The summed E-state index contributed by atoms with van der Waals surface area (Å²) in [5.74, 6) is 1.36. The molecule has 1 atom stereocenters. The average Bonchev–Trinajstić information content (AvgIpc) is 3.63. The molecule has 3 heterocycles. The van der Waals surface area contributed by atoms with Crippen molar-refractivity contribution in [3.63, 3.8) is 0 Å². The highest BCUT2D eigenvalue weighted by atomic mass is 15.1. The zero-order chi connectivity index (χ0) is 23.4. The fourth-order valence-electron chi connectivity index (χ4n) is 6.72. The van der Waals surface area contributed by atoms with Gasteiger partial charge in [0.1, 0.15) is 5.82 Å². The Morgan fingerprint density at radius 3 is 2.81 bits per heavy atom. The maximum Gasteiger partial charge on any atom is 0.360 e. The van der Waals surface area contributed by atoms with Gasteiger partial charge < -0.3 is 0 Å². The molecule has 0 spiro atoms. The molecular formula is C33H20N3+. The van der Waals surface area contributed by atoms with Gasteiger partial charge in [0.25, 0.3) is 6.21 Å². The van der Waals surface area contributed by atoms with Crippen LogP contribution in [0.3, 0.4) is 0 Å². The van der Waals surface area contributed by atoms with Crippen molar-refractivity contribution in [2.24, 2.45) is 0 Å². The molecule has 4 aromatic carbocycles. The van der Waals surface area contributed by atoms with Crippen molar-refractivity contribution in [2.45, 2.75) is 12.3 Å². The van der Waals surface area contributed by atoms with Gasteiger partial charge in [0, 0.05) is 33.7 Å². The van der Waals surface area contributed by atoms with Crippen LogP contribution in [0.2, 0.25) is 0 Å². The molecule has 0 radical (unpaired) electrons. The lowest BCUT2D eigenvalue weighted by molar-refractivity contribution is 0.844. The molecule has 0 fully saturated rings. The first kappa shape index (κ1) is 18.6. The van der Waals surface area contributed by atoms with E-state index >= 15 is 0 Å². The van der Waals surface area contributed by atoms with Crippen molar-refractivity contribution in [1.29, 1.82) is 0 Å². The third-order valence-electron chi connectivity index (χ3n) is 8.21. The second kappa shape index (κ2) is 6.48.